The van der Waals surface area contributed by atoms with Gasteiger partial charge < -0.3 is 15.0 Å². The van der Waals surface area contributed by atoms with E-state index in [1.54, 1.807) is 45.0 Å². The highest BCUT2D eigenvalue weighted by atomic mass is 32.1. The van der Waals surface area contributed by atoms with E-state index in [0.717, 1.165) is 5.01 Å². The Balaban J connectivity index is 1.77. The number of amides is 2. The Bertz CT molecular complexity index is 877. The number of aryl methyl sites for hydroxylation is 2. The number of aromatic nitrogens is 1. The molecule has 7 nitrogen and oxygen atoms in total. The van der Waals surface area contributed by atoms with Gasteiger partial charge in [0.25, 0.3) is 5.91 Å². The molecule has 0 fully saturated rings. The van der Waals surface area contributed by atoms with Gasteiger partial charge >= 0.3 is 5.97 Å². The molecule has 3 rings (SSSR count). The van der Waals surface area contributed by atoms with Crippen molar-refractivity contribution in [3.8, 4) is 0 Å². The van der Waals surface area contributed by atoms with Gasteiger partial charge in [0, 0.05) is 12.5 Å². The smallest absolute Gasteiger partial charge is 0.350 e. The number of hydrogen-bond donors (Lipinski definition) is 1. The van der Waals surface area contributed by atoms with E-state index in [1.165, 1.54) is 16.2 Å². The Labute approximate surface area is 155 Å². The number of ether oxygens (including phenoxy) is 1. The van der Waals surface area contributed by atoms with E-state index in [0.29, 0.717) is 21.9 Å². The van der Waals surface area contributed by atoms with E-state index in [2.05, 4.69) is 10.3 Å². The number of anilines is 2. The third kappa shape index (κ3) is 3.60. The molecule has 1 aromatic carbocycles. The van der Waals surface area contributed by atoms with Crippen LogP contribution in [0.2, 0.25) is 0 Å². The lowest BCUT2D eigenvalue weighted by molar-refractivity contribution is -0.122. The molecule has 0 saturated heterocycles. The molecule has 0 spiro atoms. The summed E-state index contributed by atoms with van der Waals surface area (Å²) >= 11 is 1.24. The van der Waals surface area contributed by atoms with E-state index in [1.807, 2.05) is 0 Å². The summed E-state index contributed by atoms with van der Waals surface area (Å²) in [4.78, 5) is 43.0. The van der Waals surface area contributed by atoms with Gasteiger partial charge in [0.2, 0.25) is 5.91 Å². The predicted octanol–water partition coefficient (Wildman–Crippen LogP) is 2.68. The molecule has 0 radical (unpaired) electrons. The number of rotatable bonds is 3. The van der Waals surface area contributed by atoms with Crippen LogP contribution in [0.4, 0.5) is 11.4 Å². The molecule has 26 heavy (non-hydrogen) atoms. The number of hydrogen-bond acceptors (Lipinski definition) is 6. The van der Waals surface area contributed by atoms with Crippen molar-refractivity contribution < 1.29 is 19.1 Å². The number of fused-ring (bicyclic) bond motifs is 1. The maximum atomic E-state index is 12.8. The summed E-state index contributed by atoms with van der Waals surface area (Å²) in [5.41, 5.74) is 1.75. The van der Waals surface area contributed by atoms with Crippen molar-refractivity contribution in [2.75, 3.05) is 16.8 Å². The molecular formula is C18H19N3O4S. The number of carbonyl (C=O) groups is 3. The lowest BCUT2D eigenvalue weighted by Crippen LogP contribution is -2.41. The van der Waals surface area contributed by atoms with Crippen LogP contribution >= 0.6 is 11.3 Å². The zero-order valence-corrected chi connectivity index (χ0v) is 15.6. The molecule has 2 amide bonds. The van der Waals surface area contributed by atoms with Crippen molar-refractivity contribution in [3.63, 3.8) is 0 Å². The first-order chi connectivity index (χ1) is 12.4. The van der Waals surface area contributed by atoms with Crippen LogP contribution in [-0.4, -0.2) is 35.4 Å². The Hall–Kier alpha value is -2.74. The molecule has 1 N–H and O–H groups in total. The monoisotopic (exact) mass is 373 g/mol. The maximum Gasteiger partial charge on any atom is 0.350 e. The van der Waals surface area contributed by atoms with Gasteiger partial charge in [-0.3, -0.25) is 9.59 Å². The van der Waals surface area contributed by atoms with Crippen molar-refractivity contribution in [1.29, 1.82) is 0 Å². The zero-order chi connectivity index (χ0) is 18.8. The number of benzene rings is 1. The first-order valence-electron chi connectivity index (χ1n) is 8.19. The van der Waals surface area contributed by atoms with Crippen molar-refractivity contribution in [1.82, 2.24) is 4.98 Å². The SMILES string of the molecule is Cc1nc(C)c(C(=O)OCC(=O)N2c3ccccc3NC(=O)C[C@@H]2C)s1. The number of nitrogens with one attached hydrogen (secondary N) is 1. The summed E-state index contributed by atoms with van der Waals surface area (Å²) in [6, 6.07) is 6.72. The first kappa shape index (κ1) is 18.1. The van der Waals surface area contributed by atoms with E-state index >= 15 is 0 Å². The average Bonchev–Trinajstić information content (AvgIpc) is 2.85. The molecular weight excluding hydrogens is 354 g/mol. The van der Waals surface area contributed by atoms with E-state index < -0.39 is 12.6 Å². The number of nitrogens with zero attached hydrogens (tertiary/aromatic N) is 2. The quantitative estimate of drug-likeness (QED) is 0.836. The highest BCUT2D eigenvalue weighted by Gasteiger charge is 2.30. The Morgan fingerprint density at radius 2 is 2.08 bits per heavy atom. The number of para-hydroxylation sites is 2. The first-order valence-corrected chi connectivity index (χ1v) is 9.00. The minimum absolute atomic E-state index is 0.159. The lowest BCUT2D eigenvalue weighted by atomic mass is 10.1. The van der Waals surface area contributed by atoms with Crippen LogP contribution in [0.15, 0.2) is 24.3 Å². The Morgan fingerprint density at radius 3 is 2.77 bits per heavy atom. The van der Waals surface area contributed by atoms with Gasteiger partial charge in [-0.2, -0.15) is 0 Å². The topological polar surface area (TPSA) is 88.6 Å². The minimum Gasteiger partial charge on any atom is -0.451 e. The molecule has 2 aromatic rings. The second-order valence-electron chi connectivity index (χ2n) is 6.11. The third-order valence-electron chi connectivity index (χ3n) is 4.04. The van der Waals surface area contributed by atoms with Crippen LogP contribution in [0.3, 0.4) is 0 Å². The summed E-state index contributed by atoms with van der Waals surface area (Å²) < 4.78 is 5.20. The van der Waals surface area contributed by atoms with Crippen molar-refractivity contribution >= 4 is 40.5 Å². The van der Waals surface area contributed by atoms with Crippen molar-refractivity contribution in [3.05, 3.63) is 39.8 Å². The number of carbonyl (C=O) groups excluding carboxylic acids is 3. The molecule has 0 aliphatic carbocycles. The van der Waals surface area contributed by atoms with Crippen LogP contribution < -0.4 is 10.2 Å². The maximum absolute atomic E-state index is 12.8. The summed E-state index contributed by atoms with van der Waals surface area (Å²) in [6.45, 7) is 4.92. The molecule has 1 aromatic heterocycles. The van der Waals surface area contributed by atoms with Crippen LogP contribution in [-0.2, 0) is 14.3 Å². The Kier molecular flexibility index (Phi) is 5.03. The highest BCUT2D eigenvalue weighted by molar-refractivity contribution is 7.13. The fourth-order valence-corrected chi connectivity index (χ4v) is 3.76. The minimum atomic E-state index is -0.564. The van der Waals surface area contributed by atoms with Gasteiger partial charge in [-0.1, -0.05) is 12.1 Å². The lowest BCUT2D eigenvalue weighted by Gasteiger charge is -2.27. The molecule has 0 bridgehead atoms. The van der Waals surface area contributed by atoms with Gasteiger partial charge in [-0.15, -0.1) is 11.3 Å². The average molecular weight is 373 g/mol. The van der Waals surface area contributed by atoms with Gasteiger partial charge in [0.15, 0.2) is 6.61 Å². The van der Waals surface area contributed by atoms with Gasteiger partial charge in [0.05, 0.1) is 22.1 Å². The normalized spacial score (nSPS) is 16.5. The van der Waals surface area contributed by atoms with Gasteiger partial charge in [-0.05, 0) is 32.9 Å². The van der Waals surface area contributed by atoms with Crippen LogP contribution in [0.25, 0.3) is 0 Å². The summed E-state index contributed by atoms with van der Waals surface area (Å²) in [5.74, 6) is -1.10. The van der Waals surface area contributed by atoms with Crippen LogP contribution in [0, 0.1) is 13.8 Å². The van der Waals surface area contributed by atoms with Crippen LogP contribution in [0.1, 0.15) is 33.7 Å². The van der Waals surface area contributed by atoms with Crippen LogP contribution in [0.5, 0.6) is 0 Å². The summed E-state index contributed by atoms with van der Waals surface area (Å²) in [6.07, 6.45) is 0.168. The molecule has 0 saturated carbocycles. The standard InChI is InChI=1S/C18H19N3O4S/c1-10-8-15(22)20-13-6-4-5-7-14(13)21(10)16(23)9-25-18(24)17-11(2)19-12(3)26-17/h4-7,10H,8-9H2,1-3H3,(H,20,22)/t10-/m0/s1. The molecule has 1 aliphatic heterocycles. The van der Waals surface area contributed by atoms with E-state index in [-0.39, 0.29) is 24.3 Å². The fourth-order valence-electron chi connectivity index (χ4n) is 2.95. The van der Waals surface area contributed by atoms with Gasteiger partial charge in [-0.25, -0.2) is 9.78 Å². The summed E-state index contributed by atoms with van der Waals surface area (Å²) in [5, 5.41) is 3.56. The van der Waals surface area contributed by atoms with Gasteiger partial charge in [0.1, 0.15) is 4.88 Å². The van der Waals surface area contributed by atoms with Crippen molar-refractivity contribution in [2.45, 2.75) is 33.2 Å². The number of esters is 1. The second-order valence-corrected chi connectivity index (χ2v) is 7.31. The predicted molar refractivity (Wildman–Crippen MR) is 98.5 cm³/mol. The highest BCUT2D eigenvalue weighted by Crippen LogP contribution is 2.31. The largest absolute Gasteiger partial charge is 0.451 e. The second kappa shape index (κ2) is 7.25. The van der Waals surface area contributed by atoms with E-state index in [4.69, 9.17) is 4.74 Å². The summed E-state index contributed by atoms with van der Waals surface area (Å²) in [7, 11) is 0. The van der Waals surface area contributed by atoms with E-state index in [9.17, 15) is 14.4 Å². The molecule has 136 valence electrons. The zero-order valence-electron chi connectivity index (χ0n) is 14.7. The molecule has 2 heterocycles. The number of thiazole rings is 1. The molecule has 1 aliphatic rings. The Morgan fingerprint density at radius 1 is 1.35 bits per heavy atom. The fraction of sp³-hybridized carbons (Fsp3) is 0.333. The molecule has 8 heteroatoms. The molecule has 0 unspecified atom stereocenters. The van der Waals surface area contributed by atoms with Crippen molar-refractivity contribution in [2.24, 2.45) is 0 Å². The third-order valence-corrected chi connectivity index (χ3v) is 5.10. The molecule has 1 atom stereocenters.